The molecule has 0 aliphatic carbocycles. The fourth-order valence-corrected chi connectivity index (χ4v) is 5.58. The van der Waals surface area contributed by atoms with Gasteiger partial charge in [-0.05, 0) is 34.2 Å². The lowest BCUT2D eigenvalue weighted by molar-refractivity contribution is 0.0708. The topological polar surface area (TPSA) is 101 Å². The number of nitrogens with two attached hydrogens (primary N) is 1. The van der Waals surface area contributed by atoms with E-state index in [1.54, 1.807) is 0 Å². The quantitative estimate of drug-likeness (QED) is 0.164. The standard InChI is InChI=1S/C17H42N5O4PSi/c1-5-24-28(25-6-2,26-7-3)16-8-10-20-17(23)21(13-11-19-4)14-15-22(27)12-9-18/h19H,5-16,18,27H2,1-4H3,(H,20,23). The van der Waals surface area contributed by atoms with Crippen molar-refractivity contribution in [3.05, 3.63) is 0 Å². The second-order valence-corrected chi connectivity index (χ2v) is 9.70. The maximum absolute atomic E-state index is 12.6. The Bertz CT molecular complexity index is 382. The van der Waals surface area contributed by atoms with Crippen molar-refractivity contribution in [1.29, 1.82) is 0 Å². The first-order valence-electron chi connectivity index (χ1n) is 10.3. The van der Waals surface area contributed by atoms with Crippen LogP contribution in [0.3, 0.4) is 0 Å². The second-order valence-electron chi connectivity index (χ2n) is 6.23. The zero-order valence-corrected chi connectivity index (χ0v) is 20.3. The second kappa shape index (κ2) is 17.5. The van der Waals surface area contributed by atoms with Gasteiger partial charge >= 0.3 is 14.8 Å². The van der Waals surface area contributed by atoms with Gasteiger partial charge in [0.25, 0.3) is 0 Å². The average molecular weight is 440 g/mol. The molecule has 1 unspecified atom stereocenters. The van der Waals surface area contributed by atoms with Gasteiger partial charge in [0.15, 0.2) is 0 Å². The number of hydrogen-bond donors (Lipinski definition) is 3. The van der Waals surface area contributed by atoms with Crippen molar-refractivity contribution in [3.63, 3.8) is 0 Å². The summed E-state index contributed by atoms with van der Waals surface area (Å²) in [5, 5.41) is 6.10. The molecule has 4 N–H and O–H groups in total. The minimum absolute atomic E-state index is 0.0575. The van der Waals surface area contributed by atoms with E-state index in [1.165, 1.54) is 0 Å². The molecule has 9 nitrogen and oxygen atoms in total. The molecule has 0 spiro atoms. The summed E-state index contributed by atoms with van der Waals surface area (Å²) in [4.78, 5) is 14.4. The Morgan fingerprint density at radius 1 is 1.00 bits per heavy atom. The third-order valence-corrected chi connectivity index (χ3v) is 7.69. The Labute approximate surface area is 174 Å². The molecule has 0 saturated heterocycles. The lowest BCUT2D eigenvalue weighted by Gasteiger charge is -2.29. The summed E-state index contributed by atoms with van der Waals surface area (Å²) in [6.45, 7) is 12.3. The number of carbonyl (C=O) groups is 1. The van der Waals surface area contributed by atoms with Crippen molar-refractivity contribution in [2.75, 3.05) is 72.7 Å². The number of urea groups is 1. The zero-order chi connectivity index (χ0) is 21.3. The third kappa shape index (κ3) is 12.3. The molecule has 0 aromatic rings. The van der Waals surface area contributed by atoms with Crippen LogP contribution in [0.25, 0.3) is 0 Å². The van der Waals surface area contributed by atoms with Crippen molar-refractivity contribution < 1.29 is 18.1 Å². The highest BCUT2D eigenvalue weighted by atomic mass is 31.0. The van der Waals surface area contributed by atoms with E-state index in [0.717, 1.165) is 26.1 Å². The molecule has 0 bridgehead atoms. The molecule has 0 rings (SSSR count). The minimum Gasteiger partial charge on any atom is -0.374 e. The van der Waals surface area contributed by atoms with E-state index in [2.05, 4.69) is 20.0 Å². The van der Waals surface area contributed by atoms with Crippen molar-refractivity contribution in [1.82, 2.24) is 20.2 Å². The van der Waals surface area contributed by atoms with Gasteiger partial charge in [-0.15, -0.1) is 0 Å². The van der Waals surface area contributed by atoms with E-state index in [1.807, 2.05) is 37.4 Å². The number of nitrogens with zero attached hydrogens (tertiary/aromatic N) is 2. The highest BCUT2D eigenvalue weighted by Crippen LogP contribution is 2.17. The molecular weight excluding hydrogens is 397 g/mol. The molecule has 168 valence electrons. The molecule has 0 aromatic carbocycles. The summed E-state index contributed by atoms with van der Waals surface area (Å²) in [7, 11) is 1.88. The largest absolute Gasteiger partial charge is 0.500 e. The van der Waals surface area contributed by atoms with Crippen molar-refractivity contribution >= 4 is 24.2 Å². The highest BCUT2D eigenvalue weighted by Gasteiger charge is 2.39. The summed E-state index contributed by atoms with van der Waals surface area (Å²) < 4.78 is 19.6. The van der Waals surface area contributed by atoms with E-state index in [0.29, 0.717) is 52.0 Å². The molecule has 0 fully saturated rings. The average Bonchev–Trinajstić information content (AvgIpc) is 2.66. The van der Waals surface area contributed by atoms with Crippen LogP contribution >= 0.6 is 9.39 Å². The number of likely N-dealkylation sites (N-methyl/N-ethyl adjacent to an activating group) is 1. The van der Waals surface area contributed by atoms with Gasteiger partial charge in [0, 0.05) is 71.7 Å². The summed E-state index contributed by atoms with van der Waals surface area (Å²) in [6.07, 6.45) is 0.751. The maximum atomic E-state index is 12.6. The molecule has 0 aromatic heterocycles. The lowest BCUT2D eigenvalue weighted by Crippen LogP contribution is -2.48. The van der Waals surface area contributed by atoms with Gasteiger partial charge in [0.05, 0.1) is 0 Å². The predicted octanol–water partition coefficient (Wildman–Crippen LogP) is 0.707. The van der Waals surface area contributed by atoms with Crippen molar-refractivity contribution in [2.24, 2.45) is 5.73 Å². The Balaban J connectivity index is 4.52. The fourth-order valence-electron chi connectivity index (χ4n) is 2.70. The normalized spacial score (nSPS) is 11.8. The van der Waals surface area contributed by atoms with E-state index >= 15 is 0 Å². The molecule has 0 aliphatic rings. The molecular formula is C17H42N5O4PSi. The van der Waals surface area contributed by atoms with Crippen LogP contribution in [0.4, 0.5) is 4.79 Å². The minimum atomic E-state index is -2.65. The van der Waals surface area contributed by atoms with Gasteiger partial charge in [-0.25, -0.2) is 4.79 Å². The van der Waals surface area contributed by atoms with Crippen LogP contribution in [0.1, 0.15) is 27.2 Å². The monoisotopic (exact) mass is 439 g/mol. The third-order valence-electron chi connectivity index (χ3n) is 4.02. The van der Waals surface area contributed by atoms with Gasteiger partial charge in [-0.3, -0.25) is 4.67 Å². The van der Waals surface area contributed by atoms with Crippen LogP contribution in [0.5, 0.6) is 0 Å². The van der Waals surface area contributed by atoms with E-state index in [9.17, 15) is 4.79 Å². The van der Waals surface area contributed by atoms with E-state index in [-0.39, 0.29) is 6.03 Å². The van der Waals surface area contributed by atoms with E-state index < -0.39 is 8.80 Å². The predicted molar refractivity (Wildman–Crippen MR) is 119 cm³/mol. The van der Waals surface area contributed by atoms with Crippen LogP contribution in [0.15, 0.2) is 0 Å². The summed E-state index contributed by atoms with van der Waals surface area (Å²) in [5.41, 5.74) is 5.57. The van der Waals surface area contributed by atoms with Gasteiger partial charge in [0.1, 0.15) is 0 Å². The van der Waals surface area contributed by atoms with Gasteiger partial charge < -0.3 is 34.5 Å². The number of nitrogens with one attached hydrogen (secondary N) is 2. The Morgan fingerprint density at radius 3 is 2.11 bits per heavy atom. The van der Waals surface area contributed by atoms with Crippen LogP contribution in [-0.2, 0) is 13.3 Å². The molecule has 11 heteroatoms. The summed E-state index contributed by atoms with van der Waals surface area (Å²) >= 11 is 0. The zero-order valence-electron chi connectivity index (χ0n) is 18.2. The molecule has 1 atom stereocenters. The Kier molecular flexibility index (Phi) is 17.3. The van der Waals surface area contributed by atoms with E-state index in [4.69, 9.17) is 19.0 Å². The maximum Gasteiger partial charge on any atom is 0.500 e. The first-order valence-corrected chi connectivity index (χ1v) is 12.7. The summed E-state index contributed by atoms with van der Waals surface area (Å²) in [5.74, 6) is 0. The Hall–Kier alpha value is -0.323. The van der Waals surface area contributed by atoms with Gasteiger partial charge in [0.2, 0.25) is 0 Å². The van der Waals surface area contributed by atoms with Gasteiger partial charge in [-0.2, -0.15) is 0 Å². The number of hydrogen-bond acceptors (Lipinski definition) is 7. The molecule has 0 saturated carbocycles. The lowest BCUT2D eigenvalue weighted by atomic mass is 10.4. The number of amides is 2. The van der Waals surface area contributed by atoms with Crippen LogP contribution in [0, 0.1) is 0 Å². The molecule has 0 heterocycles. The highest BCUT2D eigenvalue weighted by molar-refractivity contribution is 7.13. The fraction of sp³-hybridized carbons (Fsp3) is 0.941. The SMILES string of the molecule is CCO[Si](CCCNC(=O)N(CCNC)CCN(P)CCN)(OCC)OCC. The smallest absolute Gasteiger partial charge is 0.374 e. The molecule has 0 radical (unpaired) electrons. The van der Waals surface area contributed by atoms with Crippen LogP contribution < -0.4 is 16.4 Å². The molecule has 0 aliphatic heterocycles. The van der Waals surface area contributed by atoms with Gasteiger partial charge in [-0.1, -0.05) is 9.39 Å². The number of carbonyl (C=O) groups excluding carboxylic acids is 1. The molecule has 2 amide bonds. The first kappa shape index (κ1) is 27.7. The van der Waals surface area contributed by atoms with Crippen molar-refractivity contribution in [2.45, 2.75) is 33.2 Å². The van der Waals surface area contributed by atoms with Crippen LogP contribution in [-0.4, -0.2) is 97.1 Å². The first-order chi connectivity index (χ1) is 13.5. The summed E-state index contributed by atoms with van der Waals surface area (Å²) in [6, 6.07) is 0.632. The number of rotatable bonds is 18. The molecule has 28 heavy (non-hydrogen) atoms. The van der Waals surface area contributed by atoms with Crippen LogP contribution in [0.2, 0.25) is 6.04 Å². The Morgan fingerprint density at radius 2 is 1.61 bits per heavy atom. The van der Waals surface area contributed by atoms with Crippen molar-refractivity contribution in [3.8, 4) is 0 Å².